The van der Waals surface area contributed by atoms with Crippen LogP contribution in [0.15, 0.2) is 12.4 Å². The average Bonchev–Trinajstić information content (AvgIpc) is 2.40. The van der Waals surface area contributed by atoms with Gasteiger partial charge >= 0.3 is 0 Å². The van der Waals surface area contributed by atoms with Crippen molar-refractivity contribution >= 4 is 5.91 Å². The molecule has 2 N–H and O–H groups in total. The topological polar surface area (TPSA) is 90.6 Å². The minimum Gasteiger partial charge on any atom is -0.475 e. The van der Waals surface area contributed by atoms with Gasteiger partial charge in [0.2, 0.25) is 5.88 Å². The van der Waals surface area contributed by atoms with Crippen molar-refractivity contribution in [3.05, 3.63) is 18.1 Å². The maximum Gasteiger partial charge on any atom is 0.269 e. The van der Waals surface area contributed by atoms with E-state index in [1.807, 2.05) is 0 Å². The smallest absolute Gasteiger partial charge is 0.269 e. The molecule has 0 atom stereocenters. The number of hydrogen-bond acceptors (Lipinski definition) is 6. The van der Waals surface area contributed by atoms with E-state index in [9.17, 15) is 4.79 Å². The minimum atomic E-state index is -0.610. The second kappa shape index (κ2) is 6.27. The van der Waals surface area contributed by atoms with Crippen LogP contribution >= 0.6 is 0 Å². The van der Waals surface area contributed by atoms with E-state index in [1.165, 1.54) is 12.4 Å². The number of carbonyl (C=O) groups is 1. The molecule has 0 radical (unpaired) electrons. The molecule has 1 aromatic heterocycles. The Kier molecular flexibility index (Phi) is 4.43. The number of nitrogens with zero attached hydrogens (tertiary/aromatic N) is 3. The van der Waals surface area contributed by atoms with Crippen molar-refractivity contribution in [1.29, 1.82) is 0 Å². The third-order valence-corrected chi connectivity index (χ3v) is 2.63. The SMILES string of the molecule is NC(=O)c1cncc(OCCN2CCOCC2)n1. The van der Waals surface area contributed by atoms with Crippen molar-refractivity contribution < 1.29 is 14.3 Å². The van der Waals surface area contributed by atoms with Crippen LogP contribution in [0.1, 0.15) is 10.5 Å². The first kappa shape index (κ1) is 12.7. The lowest BCUT2D eigenvalue weighted by Gasteiger charge is -2.26. The summed E-state index contributed by atoms with van der Waals surface area (Å²) in [4.78, 5) is 21.0. The van der Waals surface area contributed by atoms with E-state index < -0.39 is 5.91 Å². The summed E-state index contributed by atoms with van der Waals surface area (Å²) < 4.78 is 10.7. The van der Waals surface area contributed by atoms with Crippen LogP contribution in [-0.2, 0) is 4.74 Å². The lowest BCUT2D eigenvalue weighted by atomic mass is 10.4. The van der Waals surface area contributed by atoms with Crippen LogP contribution in [-0.4, -0.2) is 60.2 Å². The predicted molar refractivity (Wildman–Crippen MR) is 63.3 cm³/mol. The van der Waals surface area contributed by atoms with Gasteiger partial charge in [-0.1, -0.05) is 0 Å². The number of primary amides is 1. The Morgan fingerprint density at radius 3 is 2.94 bits per heavy atom. The first-order chi connectivity index (χ1) is 8.75. The summed E-state index contributed by atoms with van der Waals surface area (Å²) in [5.74, 6) is -0.291. The van der Waals surface area contributed by atoms with E-state index in [0.717, 1.165) is 32.8 Å². The molecule has 7 nitrogen and oxygen atoms in total. The molecule has 1 saturated heterocycles. The first-order valence-corrected chi connectivity index (χ1v) is 5.80. The van der Waals surface area contributed by atoms with E-state index in [0.29, 0.717) is 12.5 Å². The van der Waals surface area contributed by atoms with Crippen molar-refractivity contribution in [1.82, 2.24) is 14.9 Å². The molecule has 1 aliphatic heterocycles. The lowest BCUT2D eigenvalue weighted by Crippen LogP contribution is -2.38. The molecule has 1 fully saturated rings. The van der Waals surface area contributed by atoms with E-state index in [2.05, 4.69) is 14.9 Å². The highest BCUT2D eigenvalue weighted by atomic mass is 16.5. The van der Waals surface area contributed by atoms with Crippen LogP contribution in [0.2, 0.25) is 0 Å². The molecule has 0 unspecified atom stereocenters. The lowest BCUT2D eigenvalue weighted by molar-refractivity contribution is 0.0319. The minimum absolute atomic E-state index is 0.110. The third-order valence-electron chi connectivity index (χ3n) is 2.63. The summed E-state index contributed by atoms with van der Waals surface area (Å²) >= 11 is 0. The molecule has 2 rings (SSSR count). The highest BCUT2D eigenvalue weighted by Gasteiger charge is 2.10. The zero-order chi connectivity index (χ0) is 12.8. The monoisotopic (exact) mass is 252 g/mol. The summed E-state index contributed by atoms with van der Waals surface area (Å²) in [5.41, 5.74) is 5.22. The Morgan fingerprint density at radius 1 is 1.44 bits per heavy atom. The third kappa shape index (κ3) is 3.64. The molecule has 18 heavy (non-hydrogen) atoms. The second-order valence-electron chi connectivity index (χ2n) is 3.91. The maximum atomic E-state index is 10.9. The molecule has 0 aliphatic carbocycles. The zero-order valence-electron chi connectivity index (χ0n) is 10.0. The Hall–Kier alpha value is -1.73. The van der Waals surface area contributed by atoms with Crippen LogP contribution in [0, 0.1) is 0 Å². The molecule has 0 saturated carbocycles. The second-order valence-corrected chi connectivity index (χ2v) is 3.91. The van der Waals surface area contributed by atoms with Gasteiger partial charge in [0.15, 0.2) is 0 Å². The average molecular weight is 252 g/mol. The van der Waals surface area contributed by atoms with Gasteiger partial charge in [0.1, 0.15) is 12.3 Å². The molecule has 98 valence electrons. The van der Waals surface area contributed by atoms with E-state index in [4.69, 9.17) is 15.2 Å². The maximum absolute atomic E-state index is 10.9. The van der Waals surface area contributed by atoms with Crippen molar-refractivity contribution in [3.8, 4) is 5.88 Å². The number of amides is 1. The van der Waals surface area contributed by atoms with Gasteiger partial charge in [-0.2, -0.15) is 0 Å². The van der Waals surface area contributed by atoms with E-state index in [1.54, 1.807) is 0 Å². The molecule has 0 aromatic carbocycles. The quantitative estimate of drug-likeness (QED) is 0.744. The Morgan fingerprint density at radius 2 is 2.22 bits per heavy atom. The standard InChI is InChI=1S/C11H16N4O3/c12-11(16)9-7-13-8-10(14-9)18-6-3-15-1-4-17-5-2-15/h7-8H,1-6H2,(H2,12,16). The number of aromatic nitrogens is 2. The first-order valence-electron chi connectivity index (χ1n) is 5.80. The molecule has 0 bridgehead atoms. The van der Waals surface area contributed by atoms with Crippen LogP contribution in [0.4, 0.5) is 0 Å². The van der Waals surface area contributed by atoms with Gasteiger partial charge < -0.3 is 15.2 Å². The summed E-state index contributed by atoms with van der Waals surface area (Å²) in [6.45, 7) is 4.64. The van der Waals surface area contributed by atoms with E-state index >= 15 is 0 Å². The van der Waals surface area contributed by atoms with Gasteiger partial charge in [-0.3, -0.25) is 14.7 Å². The molecule has 1 amide bonds. The van der Waals surface area contributed by atoms with Crippen molar-refractivity contribution in [2.45, 2.75) is 0 Å². The molecule has 2 heterocycles. The van der Waals surface area contributed by atoms with Gasteiger partial charge in [0, 0.05) is 19.6 Å². The molecule has 1 aliphatic rings. The fourth-order valence-electron chi connectivity index (χ4n) is 1.64. The van der Waals surface area contributed by atoms with Crippen molar-refractivity contribution in [2.75, 3.05) is 39.5 Å². The zero-order valence-corrected chi connectivity index (χ0v) is 10.0. The molecular weight excluding hydrogens is 236 g/mol. The Labute approximate surface area is 105 Å². The summed E-state index contributed by atoms with van der Waals surface area (Å²) in [6.07, 6.45) is 2.78. The summed E-state index contributed by atoms with van der Waals surface area (Å²) in [7, 11) is 0. The number of ether oxygens (including phenoxy) is 2. The van der Waals surface area contributed by atoms with Crippen LogP contribution in [0.25, 0.3) is 0 Å². The molecule has 0 spiro atoms. The van der Waals surface area contributed by atoms with Crippen molar-refractivity contribution in [3.63, 3.8) is 0 Å². The van der Waals surface area contributed by atoms with Gasteiger partial charge in [0.05, 0.1) is 25.6 Å². The fourth-order valence-corrected chi connectivity index (χ4v) is 1.64. The van der Waals surface area contributed by atoms with Gasteiger partial charge in [0.25, 0.3) is 5.91 Å². The Bertz CT molecular complexity index is 407. The highest BCUT2D eigenvalue weighted by Crippen LogP contribution is 2.05. The Balaban J connectivity index is 1.78. The normalized spacial score (nSPS) is 16.4. The summed E-state index contributed by atoms with van der Waals surface area (Å²) in [5, 5.41) is 0. The summed E-state index contributed by atoms with van der Waals surface area (Å²) in [6, 6.07) is 0. The van der Waals surface area contributed by atoms with Gasteiger partial charge in [-0.05, 0) is 0 Å². The van der Waals surface area contributed by atoms with Crippen molar-refractivity contribution in [2.24, 2.45) is 5.73 Å². The molecule has 7 heteroatoms. The molecular formula is C11H16N4O3. The number of hydrogen-bond donors (Lipinski definition) is 1. The largest absolute Gasteiger partial charge is 0.475 e. The number of rotatable bonds is 5. The highest BCUT2D eigenvalue weighted by molar-refractivity contribution is 5.90. The van der Waals surface area contributed by atoms with Gasteiger partial charge in [-0.15, -0.1) is 0 Å². The molecule has 1 aromatic rings. The van der Waals surface area contributed by atoms with Crippen LogP contribution < -0.4 is 10.5 Å². The predicted octanol–water partition coefficient (Wildman–Crippen LogP) is -0.713. The number of carbonyl (C=O) groups excluding carboxylic acids is 1. The fraction of sp³-hybridized carbons (Fsp3) is 0.545. The van der Waals surface area contributed by atoms with E-state index in [-0.39, 0.29) is 5.69 Å². The van der Waals surface area contributed by atoms with Gasteiger partial charge in [-0.25, -0.2) is 4.98 Å². The number of nitrogens with two attached hydrogens (primary N) is 1. The van der Waals surface area contributed by atoms with Crippen LogP contribution in [0.3, 0.4) is 0 Å². The number of morpholine rings is 1. The van der Waals surface area contributed by atoms with Crippen LogP contribution in [0.5, 0.6) is 5.88 Å².